The van der Waals surface area contributed by atoms with Crippen molar-refractivity contribution in [3.63, 3.8) is 0 Å². The van der Waals surface area contributed by atoms with Gasteiger partial charge in [-0.05, 0) is 92.0 Å². The Morgan fingerprint density at radius 2 is 0.719 bits per heavy atom. The summed E-state index contributed by atoms with van der Waals surface area (Å²) in [5.74, 6) is 0. The van der Waals surface area contributed by atoms with Crippen molar-refractivity contribution in [1.82, 2.24) is 0 Å². The van der Waals surface area contributed by atoms with Gasteiger partial charge in [0.1, 0.15) is 22.3 Å². The molecule has 0 saturated heterocycles. The van der Waals surface area contributed by atoms with Crippen LogP contribution in [0.2, 0.25) is 0 Å². The summed E-state index contributed by atoms with van der Waals surface area (Å²) in [6, 6.07) is 71.4. The van der Waals surface area contributed by atoms with Crippen molar-refractivity contribution in [2.24, 2.45) is 0 Å². The number of fused-ring (bicyclic) bond motifs is 11. The molecule has 0 saturated carbocycles. The standard InChI is InChI=1S/C54H33NO2/c1-2-12-39-33-42(30-19-34(39)9-1)55(40-26-20-37(21-27-40)45-15-7-17-47-51-43-13-5-3-10-35(43)24-31-49(51)56-53(45)47)41-28-22-38(23-29-41)46-16-8-18-48-52-44-14-6-4-11-36(44)25-32-50(52)57-54(46)48/h1-33H. The van der Waals surface area contributed by atoms with Gasteiger partial charge in [-0.2, -0.15) is 0 Å². The Morgan fingerprint density at radius 3 is 1.25 bits per heavy atom. The summed E-state index contributed by atoms with van der Waals surface area (Å²) >= 11 is 0. The molecule has 0 spiro atoms. The van der Waals surface area contributed by atoms with Gasteiger partial charge in [-0.3, -0.25) is 0 Å². The van der Waals surface area contributed by atoms with Crippen LogP contribution in [0.25, 0.3) is 98.4 Å². The normalized spacial score (nSPS) is 11.9. The summed E-state index contributed by atoms with van der Waals surface area (Å²) < 4.78 is 13.2. The number of nitrogens with zero attached hydrogens (tertiary/aromatic N) is 1. The van der Waals surface area contributed by atoms with Crippen molar-refractivity contribution in [2.75, 3.05) is 4.90 Å². The van der Waals surface area contributed by atoms with Gasteiger partial charge in [-0.15, -0.1) is 0 Å². The van der Waals surface area contributed by atoms with E-state index < -0.39 is 0 Å². The van der Waals surface area contributed by atoms with Crippen molar-refractivity contribution in [3.8, 4) is 22.3 Å². The molecule has 2 heterocycles. The van der Waals surface area contributed by atoms with E-state index in [0.29, 0.717) is 0 Å². The summed E-state index contributed by atoms with van der Waals surface area (Å²) in [7, 11) is 0. The lowest BCUT2D eigenvalue weighted by atomic mass is 9.99. The van der Waals surface area contributed by atoms with E-state index in [2.05, 4.69) is 205 Å². The van der Waals surface area contributed by atoms with E-state index >= 15 is 0 Å². The fourth-order valence-corrected chi connectivity index (χ4v) is 8.93. The minimum Gasteiger partial charge on any atom is -0.455 e. The predicted molar refractivity (Wildman–Crippen MR) is 239 cm³/mol. The molecule has 0 aliphatic carbocycles. The number of hydrogen-bond acceptors (Lipinski definition) is 3. The fourth-order valence-electron chi connectivity index (χ4n) is 8.93. The SMILES string of the molecule is c1ccc2cc(N(c3ccc(-c4cccc5c4oc4ccc6ccccc6c45)cc3)c3ccc(-c4cccc5c4oc4ccc6ccccc6c45)cc3)ccc2c1. The van der Waals surface area contributed by atoms with Gasteiger partial charge in [-0.25, -0.2) is 0 Å². The largest absolute Gasteiger partial charge is 0.455 e. The summed E-state index contributed by atoms with van der Waals surface area (Å²) in [6.07, 6.45) is 0. The molecule has 12 aromatic rings. The van der Waals surface area contributed by atoms with Crippen LogP contribution in [0.5, 0.6) is 0 Å². The van der Waals surface area contributed by atoms with Crippen LogP contribution in [0.3, 0.4) is 0 Å². The van der Waals surface area contributed by atoms with Crippen LogP contribution in [0, 0.1) is 0 Å². The first-order chi connectivity index (χ1) is 28.2. The Kier molecular flexibility index (Phi) is 6.93. The van der Waals surface area contributed by atoms with Gasteiger partial charge < -0.3 is 13.7 Å². The molecule has 0 radical (unpaired) electrons. The third-order valence-electron chi connectivity index (χ3n) is 11.6. The zero-order valence-corrected chi connectivity index (χ0v) is 30.8. The number of rotatable bonds is 5. The molecule has 10 aromatic carbocycles. The zero-order chi connectivity index (χ0) is 37.5. The van der Waals surface area contributed by atoms with Crippen molar-refractivity contribution in [3.05, 3.63) is 200 Å². The Morgan fingerprint density at radius 1 is 0.298 bits per heavy atom. The average molecular weight is 728 g/mol. The van der Waals surface area contributed by atoms with Crippen LogP contribution in [-0.4, -0.2) is 0 Å². The maximum atomic E-state index is 6.60. The molecular weight excluding hydrogens is 695 g/mol. The van der Waals surface area contributed by atoms with E-state index in [4.69, 9.17) is 8.83 Å². The second kappa shape index (κ2) is 12.5. The lowest BCUT2D eigenvalue weighted by Gasteiger charge is -2.26. The molecule has 0 amide bonds. The van der Waals surface area contributed by atoms with Gasteiger partial charge >= 0.3 is 0 Å². The van der Waals surface area contributed by atoms with Crippen LogP contribution >= 0.6 is 0 Å². The molecule has 0 bridgehead atoms. The predicted octanol–water partition coefficient (Wildman–Crippen LogP) is 15.7. The molecule has 0 N–H and O–H groups in total. The van der Waals surface area contributed by atoms with Gasteiger partial charge in [0, 0.05) is 49.7 Å². The number of anilines is 3. The lowest BCUT2D eigenvalue weighted by molar-refractivity contribution is 0.670. The molecule has 12 rings (SSSR count). The molecule has 0 aliphatic heterocycles. The van der Waals surface area contributed by atoms with Gasteiger partial charge in [0.05, 0.1) is 0 Å². The molecular formula is C54H33NO2. The second-order valence-electron chi connectivity index (χ2n) is 14.8. The van der Waals surface area contributed by atoms with Crippen LogP contribution in [-0.2, 0) is 0 Å². The molecule has 0 atom stereocenters. The molecule has 3 nitrogen and oxygen atoms in total. The van der Waals surface area contributed by atoms with Crippen molar-refractivity contribution < 1.29 is 8.83 Å². The minimum atomic E-state index is 0.906. The quantitative estimate of drug-likeness (QED) is 0.177. The first-order valence-electron chi connectivity index (χ1n) is 19.4. The van der Waals surface area contributed by atoms with E-state index in [-0.39, 0.29) is 0 Å². The van der Waals surface area contributed by atoms with E-state index in [1.54, 1.807) is 0 Å². The van der Waals surface area contributed by atoms with Gasteiger partial charge in [0.25, 0.3) is 0 Å². The lowest BCUT2D eigenvalue weighted by Crippen LogP contribution is -2.09. The van der Waals surface area contributed by atoms with Gasteiger partial charge in [0.2, 0.25) is 0 Å². The maximum absolute atomic E-state index is 6.60. The average Bonchev–Trinajstić information content (AvgIpc) is 3.87. The smallest absolute Gasteiger partial charge is 0.143 e. The van der Waals surface area contributed by atoms with Gasteiger partial charge in [0.15, 0.2) is 0 Å². The van der Waals surface area contributed by atoms with E-state index in [1.807, 2.05) is 0 Å². The Bertz CT molecular complexity index is 3320. The molecule has 2 aromatic heterocycles. The molecule has 0 unspecified atom stereocenters. The van der Waals surface area contributed by atoms with Crippen molar-refractivity contribution >= 4 is 93.3 Å². The van der Waals surface area contributed by atoms with Crippen LogP contribution < -0.4 is 4.90 Å². The molecule has 0 aliphatic rings. The van der Waals surface area contributed by atoms with Crippen molar-refractivity contribution in [1.29, 1.82) is 0 Å². The van der Waals surface area contributed by atoms with E-state index in [9.17, 15) is 0 Å². The highest BCUT2D eigenvalue weighted by molar-refractivity contribution is 6.22. The summed E-state index contributed by atoms with van der Waals surface area (Å²) in [6.45, 7) is 0. The summed E-state index contributed by atoms with van der Waals surface area (Å²) in [5, 5.41) is 11.8. The number of furan rings is 2. The summed E-state index contributed by atoms with van der Waals surface area (Å²) in [4.78, 5) is 2.34. The third kappa shape index (κ3) is 4.99. The van der Waals surface area contributed by atoms with Crippen molar-refractivity contribution in [2.45, 2.75) is 0 Å². The number of benzene rings is 10. The Balaban J connectivity index is 0.964. The first kappa shape index (κ1) is 31.7. The topological polar surface area (TPSA) is 29.5 Å². The van der Waals surface area contributed by atoms with Crippen LogP contribution in [0.15, 0.2) is 209 Å². The Hall–Kier alpha value is -7.62. The maximum Gasteiger partial charge on any atom is 0.143 e. The van der Waals surface area contributed by atoms with Crippen LogP contribution in [0.4, 0.5) is 17.1 Å². The summed E-state index contributed by atoms with van der Waals surface area (Å²) in [5.41, 5.74) is 11.2. The molecule has 266 valence electrons. The third-order valence-corrected chi connectivity index (χ3v) is 11.6. The first-order valence-corrected chi connectivity index (χ1v) is 19.4. The minimum absolute atomic E-state index is 0.906. The van der Waals surface area contributed by atoms with Gasteiger partial charge in [-0.1, -0.05) is 152 Å². The zero-order valence-electron chi connectivity index (χ0n) is 30.8. The van der Waals surface area contributed by atoms with Crippen LogP contribution in [0.1, 0.15) is 0 Å². The second-order valence-corrected chi connectivity index (χ2v) is 14.8. The molecule has 0 fully saturated rings. The molecule has 3 heteroatoms. The van der Waals surface area contributed by atoms with E-state index in [1.165, 1.54) is 32.3 Å². The Labute approximate surface area is 328 Å². The fraction of sp³-hybridized carbons (Fsp3) is 0. The monoisotopic (exact) mass is 727 g/mol. The van der Waals surface area contributed by atoms with E-state index in [0.717, 1.165) is 83.2 Å². The highest BCUT2D eigenvalue weighted by atomic mass is 16.3. The number of hydrogen-bond donors (Lipinski definition) is 0. The molecule has 57 heavy (non-hydrogen) atoms. The number of para-hydroxylation sites is 2. The highest BCUT2D eigenvalue weighted by Crippen LogP contribution is 2.43. The highest BCUT2D eigenvalue weighted by Gasteiger charge is 2.19.